The van der Waals surface area contributed by atoms with Crippen molar-refractivity contribution in [1.82, 2.24) is 0 Å². The number of rotatable bonds is 1. The maximum absolute atomic E-state index is 12.2. The molecule has 0 bridgehead atoms. The summed E-state index contributed by atoms with van der Waals surface area (Å²) in [6, 6.07) is 2.15. The van der Waals surface area contributed by atoms with Crippen molar-refractivity contribution in [1.29, 1.82) is 0 Å². The van der Waals surface area contributed by atoms with Gasteiger partial charge >= 0.3 is 6.09 Å². The summed E-state index contributed by atoms with van der Waals surface area (Å²) in [6.45, 7) is 8.43. The number of hydrogen-bond donors (Lipinski definition) is 1. The number of carbonyl (C=O) groups excluding carboxylic acids is 1. The molecule has 0 saturated carbocycles. The molecule has 0 radical (unpaired) electrons. The van der Waals surface area contributed by atoms with Crippen LogP contribution < -0.4 is 10.1 Å². The molecule has 1 heterocycles. The first-order valence-electron chi connectivity index (χ1n) is 7.66. The van der Waals surface area contributed by atoms with E-state index in [1.165, 1.54) is 11.1 Å². The Morgan fingerprint density at radius 1 is 1.38 bits per heavy atom. The van der Waals surface area contributed by atoms with Gasteiger partial charge in [0.15, 0.2) is 0 Å². The Labute approximate surface area is 125 Å². The number of benzene rings is 1. The van der Waals surface area contributed by atoms with Crippen LogP contribution in [0.4, 0.5) is 10.5 Å². The lowest BCUT2D eigenvalue weighted by Crippen LogP contribution is -2.28. The lowest BCUT2D eigenvalue weighted by atomic mass is 9.95. The molecule has 1 N–H and O–H groups in total. The molecule has 1 unspecified atom stereocenters. The Balaban J connectivity index is 1.96. The molecule has 21 heavy (non-hydrogen) atoms. The predicted octanol–water partition coefficient (Wildman–Crippen LogP) is 4.02. The highest BCUT2D eigenvalue weighted by Gasteiger charge is 2.31. The first-order valence-corrected chi connectivity index (χ1v) is 7.66. The van der Waals surface area contributed by atoms with E-state index in [0.29, 0.717) is 12.5 Å². The summed E-state index contributed by atoms with van der Waals surface area (Å²) >= 11 is 0. The smallest absolute Gasteiger partial charge is 0.412 e. The third kappa shape index (κ3) is 2.71. The van der Waals surface area contributed by atoms with Crippen molar-refractivity contribution in [3.8, 4) is 5.75 Å². The lowest BCUT2D eigenvalue weighted by Gasteiger charge is -2.22. The zero-order valence-corrected chi connectivity index (χ0v) is 13.2. The fraction of sp³-hybridized carbons (Fsp3) is 0.588. The zero-order chi connectivity index (χ0) is 15.2. The third-order valence-electron chi connectivity index (χ3n) is 4.01. The molecule has 0 saturated heterocycles. The fourth-order valence-electron chi connectivity index (χ4n) is 3.19. The number of nitrogens with one attached hydrogen (secondary N) is 1. The van der Waals surface area contributed by atoms with Crippen molar-refractivity contribution in [2.75, 3.05) is 11.9 Å². The van der Waals surface area contributed by atoms with Crippen LogP contribution in [0.25, 0.3) is 0 Å². The van der Waals surface area contributed by atoms with E-state index in [9.17, 15) is 4.79 Å². The number of carbonyl (C=O) groups is 1. The molecule has 3 rings (SSSR count). The summed E-state index contributed by atoms with van der Waals surface area (Å²) in [4.78, 5) is 12.2. The fourth-order valence-corrected chi connectivity index (χ4v) is 3.19. The van der Waals surface area contributed by atoms with Crippen molar-refractivity contribution >= 4 is 11.8 Å². The molecule has 4 nitrogen and oxygen atoms in total. The Morgan fingerprint density at radius 3 is 2.86 bits per heavy atom. The zero-order valence-electron chi connectivity index (χ0n) is 13.2. The van der Waals surface area contributed by atoms with Crippen molar-refractivity contribution < 1.29 is 14.3 Å². The standard InChI is InChI=1S/C17H23NO3/c1-10-9-20-13-8-11-6-5-7-12(11)15(14(10)13)18-16(19)21-17(2,3)4/h8,10H,5-7,9H2,1-4H3,(H,18,19). The molecule has 114 valence electrons. The average Bonchev–Trinajstić information content (AvgIpc) is 2.94. The van der Waals surface area contributed by atoms with Crippen LogP contribution in [0.5, 0.6) is 5.75 Å². The molecule has 2 aliphatic rings. The summed E-state index contributed by atoms with van der Waals surface area (Å²) in [5.74, 6) is 1.23. The first-order chi connectivity index (χ1) is 9.85. The van der Waals surface area contributed by atoms with Crippen molar-refractivity contribution in [2.45, 2.75) is 58.5 Å². The van der Waals surface area contributed by atoms with Gasteiger partial charge in [-0.15, -0.1) is 0 Å². The van der Waals surface area contributed by atoms with Gasteiger partial charge < -0.3 is 9.47 Å². The second-order valence-electron chi connectivity index (χ2n) is 6.99. The number of aryl methyl sites for hydroxylation is 1. The van der Waals surface area contributed by atoms with E-state index >= 15 is 0 Å². The second kappa shape index (κ2) is 4.93. The van der Waals surface area contributed by atoms with Gasteiger partial charge in [0.2, 0.25) is 0 Å². The normalized spacial score (nSPS) is 19.7. The van der Waals surface area contributed by atoms with Crippen LogP contribution >= 0.6 is 0 Å². The highest BCUT2D eigenvalue weighted by molar-refractivity contribution is 5.89. The number of fused-ring (bicyclic) bond motifs is 2. The monoisotopic (exact) mass is 289 g/mol. The number of ether oxygens (including phenoxy) is 2. The minimum absolute atomic E-state index is 0.302. The molecule has 0 spiro atoms. The molecule has 1 amide bonds. The number of hydrogen-bond acceptors (Lipinski definition) is 3. The minimum Gasteiger partial charge on any atom is -0.493 e. The van der Waals surface area contributed by atoms with Gasteiger partial charge in [-0.25, -0.2) is 4.79 Å². The van der Waals surface area contributed by atoms with Crippen LogP contribution in [-0.4, -0.2) is 18.3 Å². The molecule has 4 heteroatoms. The van der Waals surface area contributed by atoms with Crippen LogP contribution in [0.15, 0.2) is 6.07 Å². The first kappa shape index (κ1) is 14.2. The molecule has 0 fully saturated rings. The van der Waals surface area contributed by atoms with Crippen LogP contribution in [-0.2, 0) is 17.6 Å². The van der Waals surface area contributed by atoms with E-state index in [-0.39, 0.29) is 6.09 Å². The largest absolute Gasteiger partial charge is 0.493 e. The van der Waals surface area contributed by atoms with Gasteiger partial charge in [0.05, 0.1) is 12.3 Å². The van der Waals surface area contributed by atoms with E-state index in [0.717, 1.165) is 36.3 Å². The summed E-state index contributed by atoms with van der Waals surface area (Å²) in [5.41, 5.74) is 4.12. The summed E-state index contributed by atoms with van der Waals surface area (Å²) < 4.78 is 11.2. The molecular formula is C17H23NO3. The van der Waals surface area contributed by atoms with Crippen molar-refractivity contribution in [2.24, 2.45) is 0 Å². The average molecular weight is 289 g/mol. The van der Waals surface area contributed by atoms with E-state index < -0.39 is 5.60 Å². The maximum atomic E-state index is 12.2. The SMILES string of the molecule is CC1COc2cc3c(c(NC(=O)OC(C)(C)C)c21)CCC3. The Hall–Kier alpha value is -1.71. The van der Waals surface area contributed by atoms with Gasteiger partial charge in [0.1, 0.15) is 11.4 Å². The quantitative estimate of drug-likeness (QED) is 0.849. The van der Waals surface area contributed by atoms with Gasteiger partial charge in [-0.05, 0) is 57.2 Å². The van der Waals surface area contributed by atoms with Crippen molar-refractivity contribution in [3.63, 3.8) is 0 Å². The van der Waals surface area contributed by atoms with Crippen LogP contribution in [0.3, 0.4) is 0 Å². The Morgan fingerprint density at radius 2 is 2.14 bits per heavy atom. The summed E-state index contributed by atoms with van der Waals surface area (Å²) in [5, 5.41) is 2.99. The van der Waals surface area contributed by atoms with Crippen molar-refractivity contribution in [3.05, 3.63) is 22.8 Å². The Bertz CT molecular complexity index is 587. The molecule has 1 aromatic carbocycles. The van der Waals surface area contributed by atoms with E-state index in [1.54, 1.807) is 0 Å². The highest BCUT2D eigenvalue weighted by Crippen LogP contribution is 2.45. The second-order valence-corrected chi connectivity index (χ2v) is 6.99. The van der Waals surface area contributed by atoms with E-state index in [4.69, 9.17) is 9.47 Å². The van der Waals surface area contributed by atoms with Gasteiger partial charge in [-0.2, -0.15) is 0 Å². The third-order valence-corrected chi connectivity index (χ3v) is 4.01. The summed E-state index contributed by atoms with van der Waals surface area (Å²) in [7, 11) is 0. The topological polar surface area (TPSA) is 47.6 Å². The number of anilines is 1. The molecular weight excluding hydrogens is 266 g/mol. The van der Waals surface area contributed by atoms with Gasteiger partial charge in [-0.1, -0.05) is 6.92 Å². The lowest BCUT2D eigenvalue weighted by molar-refractivity contribution is 0.0635. The van der Waals surface area contributed by atoms with E-state index in [2.05, 4.69) is 18.3 Å². The number of amides is 1. The molecule has 1 aromatic rings. The van der Waals surface area contributed by atoms with Crippen LogP contribution in [0, 0.1) is 0 Å². The molecule has 0 aromatic heterocycles. The highest BCUT2D eigenvalue weighted by atomic mass is 16.6. The van der Waals surface area contributed by atoms with Gasteiger partial charge in [-0.3, -0.25) is 5.32 Å². The maximum Gasteiger partial charge on any atom is 0.412 e. The summed E-state index contributed by atoms with van der Waals surface area (Å²) in [6.07, 6.45) is 2.82. The van der Waals surface area contributed by atoms with Crippen LogP contribution in [0.2, 0.25) is 0 Å². The molecule has 1 aliphatic carbocycles. The van der Waals surface area contributed by atoms with E-state index in [1.807, 2.05) is 20.8 Å². The Kier molecular flexibility index (Phi) is 3.34. The molecule has 1 aliphatic heterocycles. The van der Waals surface area contributed by atoms with Crippen LogP contribution in [0.1, 0.15) is 56.7 Å². The molecule has 1 atom stereocenters. The van der Waals surface area contributed by atoms with Gasteiger partial charge in [0, 0.05) is 11.5 Å². The minimum atomic E-state index is -0.493. The predicted molar refractivity (Wildman–Crippen MR) is 82.2 cm³/mol. The van der Waals surface area contributed by atoms with Gasteiger partial charge in [0.25, 0.3) is 0 Å².